The maximum absolute atomic E-state index is 11.1. The topological polar surface area (TPSA) is 112 Å². The Morgan fingerprint density at radius 1 is 1.35 bits per heavy atom. The van der Waals surface area contributed by atoms with E-state index in [0.717, 1.165) is 0 Å². The van der Waals surface area contributed by atoms with Crippen LogP contribution in [0.15, 0.2) is 22.8 Å². The minimum absolute atomic E-state index is 0.0580. The third-order valence-electron chi connectivity index (χ3n) is 2.35. The van der Waals surface area contributed by atoms with Crippen LogP contribution in [0.4, 0.5) is 0 Å². The zero-order valence-corrected chi connectivity index (χ0v) is 8.79. The summed E-state index contributed by atoms with van der Waals surface area (Å²) < 4.78 is 14.8. The Hall–Kier alpha value is -1.86. The summed E-state index contributed by atoms with van der Waals surface area (Å²) in [4.78, 5) is 22.2. The molecule has 0 radical (unpaired) electrons. The van der Waals surface area contributed by atoms with Gasteiger partial charge in [0.25, 0.3) is 0 Å². The minimum Gasteiger partial charge on any atom is -0.461 e. The fraction of sp³-hybridized carbons (Fsp3) is 0.400. The highest BCUT2D eigenvalue weighted by Gasteiger charge is 2.53. The lowest BCUT2D eigenvalue weighted by Crippen LogP contribution is -2.35. The first-order valence-electron chi connectivity index (χ1n) is 4.96. The second-order valence-electron chi connectivity index (χ2n) is 3.60. The fourth-order valence-corrected chi connectivity index (χ4v) is 1.58. The van der Waals surface area contributed by atoms with Crippen LogP contribution in [0, 0.1) is 0 Å². The number of furan rings is 1. The average molecular weight is 241 g/mol. The number of esters is 2. The highest BCUT2D eigenvalue weighted by atomic mass is 16.8. The average Bonchev–Trinajstić information content (AvgIpc) is 2.89. The second-order valence-corrected chi connectivity index (χ2v) is 3.60. The van der Waals surface area contributed by atoms with Crippen molar-refractivity contribution in [2.24, 2.45) is 5.73 Å². The molecule has 0 bridgehead atoms. The maximum Gasteiger partial charge on any atom is 0.421 e. The van der Waals surface area contributed by atoms with Gasteiger partial charge in [0.1, 0.15) is 0 Å². The Bertz CT molecular complexity index is 410. The molecule has 7 nitrogen and oxygen atoms in total. The Balaban J connectivity index is 2.31. The number of carbonyl (C=O) groups is 2. The standard InChI is InChI=1S/C10H11NO6/c11-5-6(12)4-10(7-2-1-3-15-7)16-8(13)9(14)17-10/h1-3,6,12H,4-5,11H2. The number of nitrogens with two attached hydrogens (primary N) is 1. The third kappa shape index (κ3) is 2.02. The van der Waals surface area contributed by atoms with E-state index in [1.807, 2.05) is 0 Å². The van der Waals surface area contributed by atoms with Gasteiger partial charge in [-0.1, -0.05) is 0 Å². The van der Waals surface area contributed by atoms with Gasteiger partial charge in [0.05, 0.1) is 18.8 Å². The lowest BCUT2D eigenvalue weighted by molar-refractivity contribution is -0.202. The lowest BCUT2D eigenvalue weighted by atomic mass is 10.1. The molecule has 7 heteroatoms. The van der Waals surface area contributed by atoms with Gasteiger partial charge in [-0.15, -0.1) is 0 Å². The van der Waals surface area contributed by atoms with Crippen LogP contribution in [0.25, 0.3) is 0 Å². The van der Waals surface area contributed by atoms with Gasteiger partial charge in [-0.05, 0) is 12.1 Å². The van der Waals surface area contributed by atoms with Gasteiger partial charge >= 0.3 is 17.7 Å². The lowest BCUT2D eigenvalue weighted by Gasteiger charge is -2.24. The molecule has 1 atom stereocenters. The SMILES string of the molecule is NCC(O)CC1(c2ccco2)OC(=O)C(=O)O1. The van der Waals surface area contributed by atoms with Crippen molar-refractivity contribution in [3.05, 3.63) is 24.2 Å². The number of ether oxygens (including phenoxy) is 2. The summed E-state index contributed by atoms with van der Waals surface area (Å²) >= 11 is 0. The molecule has 1 aromatic rings. The van der Waals surface area contributed by atoms with Crippen LogP contribution in [-0.2, 0) is 24.8 Å². The first kappa shape index (κ1) is 11.6. The fourth-order valence-electron chi connectivity index (χ4n) is 1.58. The summed E-state index contributed by atoms with van der Waals surface area (Å²) in [7, 11) is 0. The Labute approximate surface area is 96.1 Å². The van der Waals surface area contributed by atoms with Crippen molar-refractivity contribution < 1.29 is 28.6 Å². The summed E-state index contributed by atoms with van der Waals surface area (Å²) in [6.07, 6.45) is 0.180. The van der Waals surface area contributed by atoms with Gasteiger partial charge in [0.2, 0.25) is 0 Å². The van der Waals surface area contributed by atoms with Gasteiger partial charge in [0.15, 0.2) is 5.76 Å². The van der Waals surface area contributed by atoms with Crippen molar-refractivity contribution in [3.8, 4) is 0 Å². The van der Waals surface area contributed by atoms with Crippen LogP contribution in [-0.4, -0.2) is 29.7 Å². The van der Waals surface area contributed by atoms with E-state index in [9.17, 15) is 14.7 Å². The largest absolute Gasteiger partial charge is 0.461 e. The number of aliphatic hydroxyl groups excluding tert-OH is 1. The van der Waals surface area contributed by atoms with Crippen molar-refractivity contribution in [3.63, 3.8) is 0 Å². The molecule has 1 aromatic heterocycles. The molecule has 1 aliphatic heterocycles. The van der Waals surface area contributed by atoms with Gasteiger partial charge in [-0.25, -0.2) is 9.59 Å². The molecule has 0 spiro atoms. The molecule has 2 heterocycles. The third-order valence-corrected chi connectivity index (χ3v) is 2.35. The van der Waals surface area contributed by atoms with Crippen LogP contribution in [0.1, 0.15) is 12.2 Å². The molecule has 1 saturated heterocycles. The monoisotopic (exact) mass is 241 g/mol. The van der Waals surface area contributed by atoms with E-state index in [4.69, 9.17) is 19.6 Å². The Kier molecular flexibility index (Phi) is 2.86. The van der Waals surface area contributed by atoms with Crippen LogP contribution < -0.4 is 5.73 Å². The number of hydrogen-bond acceptors (Lipinski definition) is 7. The number of carbonyl (C=O) groups excluding carboxylic acids is 2. The van der Waals surface area contributed by atoms with Crippen LogP contribution >= 0.6 is 0 Å². The molecule has 1 unspecified atom stereocenters. The van der Waals surface area contributed by atoms with Gasteiger partial charge in [0, 0.05) is 6.54 Å². The van der Waals surface area contributed by atoms with Crippen molar-refractivity contribution in [1.82, 2.24) is 0 Å². The molecule has 1 fully saturated rings. The van der Waals surface area contributed by atoms with Crippen molar-refractivity contribution in [2.75, 3.05) is 6.54 Å². The normalized spacial score (nSPS) is 19.9. The van der Waals surface area contributed by atoms with Crippen molar-refractivity contribution in [2.45, 2.75) is 18.3 Å². The number of hydrogen-bond donors (Lipinski definition) is 2. The number of cyclic esters (lactones) is 2. The van der Waals surface area contributed by atoms with E-state index in [-0.39, 0.29) is 18.7 Å². The van der Waals surface area contributed by atoms with E-state index in [2.05, 4.69) is 0 Å². The molecular formula is C10H11NO6. The molecule has 17 heavy (non-hydrogen) atoms. The summed E-state index contributed by atoms with van der Waals surface area (Å²) in [6.45, 7) is -0.0580. The molecule has 0 amide bonds. The Morgan fingerprint density at radius 2 is 2.00 bits per heavy atom. The predicted molar refractivity (Wildman–Crippen MR) is 52.2 cm³/mol. The number of aliphatic hydroxyl groups is 1. The molecular weight excluding hydrogens is 230 g/mol. The first-order valence-corrected chi connectivity index (χ1v) is 4.96. The highest BCUT2D eigenvalue weighted by molar-refractivity contribution is 6.31. The van der Waals surface area contributed by atoms with E-state index in [1.54, 1.807) is 6.07 Å². The maximum atomic E-state index is 11.1. The quantitative estimate of drug-likeness (QED) is 0.526. The minimum atomic E-state index is -1.71. The van der Waals surface area contributed by atoms with Crippen molar-refractivity contribution >= 4 is 11.9 Å². The molecule has 1 aliphatic rings. The van der Waals surface area contributed by atoms with Crippen LogP contribution in [0.3, 0.4) is 0 Å². The zero-order valence-electron chi connectivity index (χ0n) is 8.79. The number of rotatable bonds is 4. The van der Waals surface area contributed by atoms with Crippen LogP contribution in [0.2, 0.25) is 0 Å². The zero-order chi connectivity index (χ0) is 12.5. The van der Waals surface area contributed by atoms with Gasteiger partial charge in [-0.3, -0.25) is 0 Å². The molecule has 3 N–H and O–H groups in total. The summed E-state index contributed by atoms with van der Waals surface area (Å²) in [6, 6.07) is 3.03. The van der Waals surface area contributed by atoms with Crippen LogP contribution in [0.5, 0.6) is 0 Å². The van der Waals surface area contributed by atoms with Gasteiger partial charge < -0.3 is 24.7 Å². The molecule has 92 valence electrons. The summed E-state index contributed by atoms with van der Waals surface area (Å²) in [5.74, 6) is -3.82. The highest BCUT2D eigenvalue weighted by Crippen LogP contribution is 2.37. The molecule has 0 aromatic carbocycles. The van der Waals surface area contributed by atoms with Gasteiger partial charge in [-0.2, -0.15) is 0 Å². The van der Waals surface area contributed by atoms with E-state index in [0.29, 0.717) is 0 Å². The summed E-state index contributed by atoms with van der Waals surface area (Å²) in [5.41, 5.74) is 5.27. The smallest absolute Gasteiger partial charge is 0.421 e. The van der Waals surface area contributed by atoms with E-state index in [1.165, 1.54) is 12.3 Å². The van der Waals surface area contributed by atoms with E-state index >= 15 is 0 Å². The first-order chi connectivity index (χ1) is 8.07. The van der Waals surface area contributed by atoms with Crippen molar-refractivity contribution in [1.29, 1.82) is 0 Å². The predicted octanol–water partition coefficient (Wildman–Crippen LogP) is -0.758. The Morgan fingerprint density at radius 3 is 2.47 bits per heavy atom. The molecule has 0 aliphatic carbocycles. The summed E-state index contributed by atoms with van der Waals surface area (Å²) in [5, 5.41) is 9.51. The second kappa shape index (κ2) is 4.19. The van der Waals surface area contributed by atoms with E-state index < -0.39 is 23.8 Å². The molecule has 0 saturated carbocycles. The molecule has 2 rings (SSSR count).